The largest absolute Gasteiger partial charge is 0.370 e. The molecule has 0 aliphatic carbocycles. The number of rotatable bonds is 0. The van der Waals surface area contributed by atoms with E-state index in [0.717, 1.165) is 50.7 Å². The van der Waals surface area contributed by atoms with E-state index in [-0.39, 0.29) is 0 Å². The van der Waals surface area contributed by atoms with Crippen LogP contribution >= 0.6 is 0 Å². The van der Waals surface area contributed by atoms with Crippen LogP contribution in [0.15, 0.2) is 18.2 Å². The molecule has 0 radical (unpaired) electrons. The van der Waals surface area contributed by atoms with Crippen LogP contribution in [0.5, 0.6) is 0 Å². The van der Waals surface area contributed by atoms with E-state index in [0.29, 0.717) is 0 Å². The summed E-state index contributed by atoms with van der Waals surface area (Å²) >= 11 is 0. The second-order valence-electron chi connectivity index (χ2n) is 3.72. The Morgan fingerprint density at radius 1 is 0.867 bits per heavy atom. The van der Waals surface area contributed by atoms with E-state index in [1.54, 1.807) is 0 Å². The predicted octanol–water partition coefficient (Wildman–Crippen LogP) is 1.29. The fourth-order valence-corrected chi connectivity index (χ4v) is 1.62. The lowest BCUT2D eigenvalue weighted by Gasteiger charge is -2.11. The molecule has 2 bridgehead atoms. The van der Waals surface area contributed by atoms with Crippen molar-refractivity contribution in [3.8, 4) is 0 Å². The fourth-order valence-electron chi connectivity index (χ4n) is 1.62. The van der Waals surface area contributed by atoms with Crippen LogP contribution in [0.1, 0.15) is 12.8 Å². The summed E-state index contributed by atoms with van der Waals surface area (Å²) in [6, 6.07) is 6.04. The topological polar surface area (TPSA) is 49.0 Å². The van der Waals surface area contributed by atoms with Gasteiger partial charge >= 0.3 is 0 Å². The minimum Gasteiger partial charge on any atom is -0.370 e. The molecular weight excluding hydrogens is 188 g/mol. The minimum atomic E-state index is 0.959. The molecule has 1 aromatic rings. The number of hydrogen-bond acceptors (Lipinski definition) is 4. The first-order chi connectivity index (χ1) is 7.45. The molecule has 0 amide bonds. The summed E-state index contributed by atoms with van der Waals surface area (Å²) in [6.45, 7) is 4.10. The summed E-state index contributed by atoms with van der Waals surface area (Å²) in [5.74, 6) is 1.92. The maximum absolute atomic E-state index is 4.46. The van der Waals surface area contributed by atoms with E-state index in [4.69, 9.17) is 0 Å². The van der Waals surface area contributed by atoms with Crippen LogP contribution in [0.3, 0.4) is 0 Å². The fraction of sp³-hybridized carbons (Fsp3) is 0.545. The normalized spacial score (nSPS) is 17.9. The second-order valence-corrected chi connectivity index (χ2v) is 3.72. The highest BCUT2D eigenvalue weighted by molar-refractivity contribution is 5.44. The monoisotopic (exact) mass is 206 g/mol. The Morgan fingerprint density at radius 2 is 1.47 bits per heavy atom. The number of nitrogens with zero attached hydrogens (tertiary/aromatic N) is 1. The molecule has 0 saturated heterocycles. The Morgan fingerprint density at radius 3 is 2.07 bits per heavy atom. The van der Waals surface area contributed by atoms with Crippen molar-refractivity contribution >= 4 is 11.6 Å². The highest BCUT2D eigenvalue weighted by Gasteiger charge is 1.98. The quantitative estimate of drug-likeness (QED) is 0.598. The predicted molar refractivity (Wildman–Crippen MR) is 63.3 cm³/mol. The summed E-state index contributed by atoms with van der Waals surface area (Å²) in [5, 5.41) is 10.0. The average Bonchev–Trinajstić information content (AvgIpc) is 2.26. The summed E-state index contributed by atoms with van der Waals surface area (Å²) in [5.41, 5.74) is 0. The van der Waals surface area contributed by atoms with Gasteiger partial charge in [0.25, 0.3) is 0 Å². The first-order valence-corrected chi connectivity index (χ1v) is 5.61. The second kappa shape index (κ2) is 5.56. The van der Waals surface area contributed by atoms with Gasteiger partial charge in [0.1, 0.15) is 11.6 Å². The third kappa shape index (κ3) is 3.40. The van der Waals surface area contributed by atoms with Crippen molar-refractivity contribution in [2.24, 2.45) is 0 Å². The van der Waals surface area contributed by atoms with Crippen LogP contribution in [0, 0.1) is 0 Å². The smallest absolute Gasteiger partial charge is 0.128 e. The van der Waals surface area contributed by atoms with Gasteiger partial charge in [-0.2, -0.15) is 0 Å². The number of pyridine rings is 1. The molecule has 0 spiro atoms. The first kappa shape index (κ1) is 10.2. The molecule has 0 unspecified atom stereocenters. The van der Waals surface area contributed by atoms with Crippen molar-refractivity contribution < 1.29 is 0 Å². The van der Waals surface area contributed by atoms with Crippen LogP contribution in [0.4, 0.5) is 11.6 Å². The van der Waals surface area contributed by atoms with Crippen LogP contribution in [-0.2, 0) is 0 Å². The number of nitrogens with one attached hydrogen (secondary N) is 3. The molecule has 82 valence electrons. The third-order valence-electron chi connectivity index (χ3n) is 2.42. The number of anilines is 2. The van der Waals surface area contributed by atoms with Crippen molar-refractivity contribution in [2.45, 2.75) is 12.8 Å². The van der Waals surface area contributed by atoms with Crippen LogP contribution in [-0.4, -0.2) is 31.2 Å². The van der Waals surface area contributed by atoms with Gasteiger partial charge < -0.3 is 16.0 Å². The molecule has 1 aliphatic heterocycles. The van der Waals surface area contributed by atoms with Gasteiger partial charge in [-0.15, -0.1) is 0 Å². The molecule has 4 nitrogen and oxygen atoms in total. The lowest BCUT2D eigenvalue weighted by atomic mass is 10.3. The van der Waals surface area contributed by atoms with Gasteiger partial charge in [-0.3, -0.25) is 0 Å². The minimum absolute atomic E-state index is 0.959. The van der Waals surface area contributed by atoms with Crippen LogP contribution in [0.2, 0.25) is 0 Å². The van der Waals surface area contributed by atoms with Crippen molar-refractivity contribution in [3.63, 3.8) is 0 Å². The van der Waals surface area contributed by atoms with E-state index in [9.17, 15) is 0 Å². The van der Waals surface area contributed by atoms with Gasteiger partial charge in [0.05, 0.1) is 0 Å². The maximum Gasteiger partial charge on any atom is 0.128 e. The summed E-state index contributed by atoms with van der Waals surface area (Å²) in [4.78, 5) is 4.46. The van der Waals surface area contributed by atoms with Crippen molar-refractivity contribution in [1.29, 1.82) is 0 Å². The summed E-state index contributed by atoms with van der Waals surface area (Å²) < 4.78 is 0. The van der Waals surface area contributed by atoms with Gasteiger partial charge in [-0.1, -0.05) is 6.07 Å². The van der Waals surface area contributed by atoms with E-state index >= 15 is 0 Å². The zero-order valence-corrected chi connectivity index (χ0v) is 8.92. The van der Waals surface area contributed by atoms with Gasteiger partial charge in [0.2, 0.25) is 0 Å². The van der Waals surface area contributed by atoms with E-state index in [1.165, 1.54) is 0 Å². The Balaban J connectivity index is 2.00. The molecule has 1 aromatic heterocycles. The molecule has 0 fully saturated rings. The lowest BCUT2D eigenvalue weighted by Crippen LogP contribution is -2.22. The molecular formula is C11H18N4. The molecule has 2 rings (SSSR count). The van der Waals surface area contributed by atoms with Crippen molar-refractivity contribution in [1.82, 2.24) is 10.3 Å². The molecule has 3 N–H and O–H groups in total. The standard InChI is InChI=1S/C11H18N4/c1-4-10-13-8-2-6-12-7-3-9-14-11(5-1)15-10/h1,4-5,12H,2-3,6-9H2,(H2,13,14,15). The van der Waals surface area contributed by atoms with Gasteiger partial charge in [0, 0.05) is 13.1 Å². The van der Waals surface area contributed by atoms with Gasteiger partial charge in [0.15, 0.2) is 0 Å². The number of fused-ring (bicyclic) bond motifs is 2. The molecule has 4 heteroatoms. The molecule has 0 saturated carbocycles. The van der Waals surface area contributed by atoms with E-state index in [1.807, 2.05) is 18.2 Å². The van der Waals surface area contributed by atoms with Crippen molar-refractivity contribution in [2.75, 3.05) is 36.8 Å². The summed E-state index contributed by atoms with van der Waals surface area (Å²) in [6.07, 6.45) is 2.28. The molecule has 2 heterocycles. The molecule has 15 heavy (non-hydrogen) atoms. The zero-order chi connectivity index (χ0) is 10.3. The highest BCUT2D eigenvalue weighted by atomic mass is 15.1. The molecule has 1 aliphatic rings. The Bertz CT molecular complexity index is 275. The SMILES string of the molecule is c1cc2nc(c1)NCCCNCCCN2. The number of aromatic nitrogens is 1. The van der Waals surface area contributed by atoms with Crippen LogP contribution in [0.25, 0.3) is 0 Å². The van der Waals surface area contributed by atoms with Crippen molar-refractivity contribution in [3.05, 3.63) is 18.2 Å². The third-order valence-corrected chi connectivity index (χ3v) is 2.42. The highest BCUT2D eigenvalue weighted by Crippen LogP contribution is 2.09. The molecule has 0 aromatic carbocycles. The lowest BCUT2D eigenvalue weighted by molar-refractivity contribution is 0.640. The van der Waals surface area contributed by atoms with Gasteiger partial charge in [-0.05, 0) is 38.1 Å². The first-order valence-electron chi connectivity index (χ1n) is 5.61. The average molecular weight is 206 g/mol. The summed E-state index contributed by atoms with van der Waals surface area (Å²) in [7, 11) is 0. The van der Waals surface area contributed by atoms with Crippen LogP contribution < -0.4 is 16.0 Å². The van der Waals surface area contributed by atoms with E-state index < -0.39 is 0 Å². The maximum atomic E-state index is 4.46. The Kier molecular flexibility index (Phi) is 3.79. The number of hydrogen-bond donors (Lipinski definition) is 3. The Labute approximate surface area is 90.5 Å². The van der Waals surface area contributed by atoms with Gasteiger partial charge in [-0.25, -0.2) is 4.98 Å². The zero-order valence-electron chi connectivity index (χ0n) is 8.92. The van der Waals surface area contributed by atoms with E-state index in [2.05, 4.69) is 20.9 Å². The Hall–Kier alpha value is -1.29. The molecule has 0 atom stereocenters.